The van der Waals surface area contributed by atoms with Crippen molar-refractivity contribution in [3.8, 4) is 0 Å². The molecule has 1 heterocycles. The Kier molecular flexibility index (Phi) is 4.14. The summed E-state index contributed by atoms with van der Waals surface area (Å²) in [4.78, 5) is 2.77. The highest BCUT2D eigenvalue weighted by atomic mass is 15.2. The first-order chi connectivity index (χ1) is 8.02. The van der Waals surface area contributed by atoms with Crippen molar-refractivity contribution in [2.24, 2.45) is 11.3 Å². The predicted molar refractivity (Wildman–Crippen MR) is 74.2 cm³/mol. The standard InChI is InChI=1S/C15H30N2/c1-5-16-13-7-6-12(2)10-14(13)17-9-8-15(3,4)11-17/h12-14,16H,5-11H2,1-4H3. The van der Waals surface area contributed by atoms with Crippen molar-refractivity contribution in [3.63, 3.8) is 0 Å². The summed E-state index contributed by atoms with van der Waals surface area (Å²) in [6, 6.07) is 1.53. The third kappa shape index (κ3) is 3.23. The van der Waals surface area contributed by atoms with Crippen LogP contribution < -0.4 is 5.32 Å². The van der Waals surface area contributed by atoms with Crippen molar-refractivity contribution in [2.75, 3.05) is 19.6 Å². The molecule has 1 aliphatic carbocycles. The highest BCUT2D eigenvalue weighted by Crippen LogP contribution is 2.35. The topological polar surface area (TPSA) is 15.3 Å². The lowest BCUT2D eigenvalue weighted by Gasteiger charge is -2.41. The van der Waals surface area contributed by atoms with Crippen LogP contribution in [-0.2, 0) is 0 Å². The second-order valence-electron chi connectivity index (χ2n) is 7.03. The van der Waals surface area contributed by atoms with E-state index in [0.29, 0.717) is 5.41 Å². The minimum absolute atomic E-state index is 0.539. The maximum Gasteiger partial charge on any atom is 0.0252 e. The maximum absolute atomic E-state index is 3.72. The second kappa shape index (κ2) is 5.27. The number of hydrogen-bond acceptors (Lipinski definition) is 2. The largest absolute Gasteiger partial charge is 0.313 e. The summed E-state index contributed by atoms with van der Waals surface area (Å²) < 4.78 is 0. The molecule has 2 aliphatic rings. The Morgan fingerprint density at radius 2 is 2.06 bits per heavy atom. The zero-order valence-corrected chi connectivity index (χ0v) is 12.1. The third-order valence-electron chi connectivity index (χ3n) is 4.72. The number of hydrogen-bond donors (Lipinski definition) is 1. The number of rotatable bonds is 3. The number of nitrogens with zero attached hydrogens (tertiary/aromatic N) is 1. The number of likely N-dealkylation sites (tertiary alicyclic amines) is 1. The van der Waals surface area contributed by atoms with Gasteiger partial charge >= 0.3 is 0 Å². The van der Waals surface area contributed by atoms with Crippen molar-refractivity contribution in [1.82, 2.24) is 10.2 Å². The van der Waals surface area contributed by atoms with Crippen LogP contribution in [0, 0.1) is 11.3 Å². The average molecular weight is 238 g/mol. The molecule has 17 heavy (non-hydrogen) atoms. The van der Waals surface area contributed by atoms with Crippen LogP contribution in [-0.4, -0.2) is 36.6 Å². The molecular formula is C15H30N2. The van der Waals surface area contributed by atoms with Crippen molar-refractivity contribution in [3.05, 3.63) is 0 Å². The maximum atomic E-state index is 3.72. The molecule has 0 spiro atoms. The minimum Gasteiger partial charge on any atom is -0.313 e. The van der Waals surface area contributed by atoms with Gasteiger partial charge in [0.2, 0.25) is 0 Å². The van der Waals surface area contributed by atoms with E-state index in [1.807, 2.05) is 0 Å². The highest BCUT2D eigenvalue weighted by molar-refractivity contribution is 4.95. The van der Waals surface area contributed by atoms with Gasteiger partial charge < -0.3 is 5.32 Å². The molecule has 0 amide bonds. The van der Waals surface area contributed by atoms with Gasteiger partial charge in [0.05, 0.1) is 0 Å². The van der Waals surface area contributed by atoms with E-state index in [9.17, 15) is 0 Å². The third-order valence-corrected chi connectivity index (χ3v) is 4.72. The fourth-order valence-corrected chi connectivity index (χ4v) is 3.69. The first-order valence-electron chi connectivity index (χ1n) is 7.49. The van der Waals surface area contributed by atoms with Crippen LogP contribution in [0.5, 0.6) is 0 Å². The molecule has 0 aromatic heterocycles. The van der Waals surface area contributed by atoms with Crippen LogP contribution in [0.4, 0.5) is 0 Å². The Balaban J connectivity index is 2.00. The lowest BCUT2D eigenvalue weighted by molar-refractivity contribution is 0.115. The molecule has 100 valence electrons. The van der Waals surface area contributed by atoms with Gasteiger partial charge in [0.25, 0.3) is 0 Å². The Bertz CT molecular complexity index is 249. The number of nitrogens with one attached hydrogen (secondary N) is 1. The Morgan fingerprint density at radius 1 is 1.29 bits per heavy atom. The molecule has 0 aromatic rings. The smallest absolute Gasteiger partial charge is 0.0252 e. The molecule has 2 heteroatoms. The van der Waals surface area contributed by atoms with E-state index in [4.69, 9.17) is 0 Å². The van der Waals surface area contributed by atoms with E-state index >= 15 is 0 Å². The molecule has 2 nitrogen and oxygen atoms in total. The van der Waals surface area contributed by atoms with Crippen molar-refractivity contribution < 1.29 is 0 Å². The molecule has 0 aromatic carbocycles. The fraction of sp³-hybridized carbons (Fsp3) is 1.00. The zero-order valence-electron chi connectivity index (χ0n) is 12.1. The summed E-state index contributed by atoms with van der Waals surface area (Å²) in [5.41, 5.74) is 0.539. The monoisotopic (exact) mass is 238 g/mol. The van der Waals surface area contributed by atoms with Gasteiger partial charge in [-0.1, -0.05) is 27.7 Å². The van der Waals surface area contributed by atoms with Gasteiger partial charge in [-0.25, -0.2) is 0 Å². The first-order valence-corrected chi connectivity index (χ1v) is 7.49. The normalized spacial score (nSPS) is 38.5. The van der Waals surface area contributed by atoms with Crippen molar-refractivity contribution in [1.29, 1.82) is 0 Å². The lowest BCUT2D eigenvalue weighted by Crippen LogP contribution is -2.52. The second-order valence-corrected chi connectivity index (χ2v) is 7.03. The van der Waals surface area contributed by atoms with Crippen LogP contribution in [0.15, 0.2) is 0 Å². The van der Waals surface area contributed by atoms with Gasteiger partial charge in [0.15, 0.2) is 0 Å². The van der Waals surface area contributed by atoms with E-state index < -0.39 is 0 Å². The molecule has 3 unspecified atom stereocenters. The van der Waals surface area contributed by atoms with Gasteiger partial charge in [-0.2, -0.15) is 0 Å². The van der Waals surface area contributed by atoms with E-state index in [0.717, 1.165) is 24.5 Å². The summed E-state index contributed by atoms with van der Waals surface area (Å²) in [5.74, 6) is 0.915. The molecule has 0 bridgehead atoms. The van der Waals surface area contributed by atoms with Gasteiger partial charge in [0, 0.05) is 18.6 Å². The van der Waals surface area contributed by atoms with E-state index in [1.54, 1.807) is 0 Å². The Labute approximate surface area is 107 Å². The quantitative estimate of drug-likeness (QED) is 0.813. The predicted octanol–water partition coefficient (Wildman–Crippen LogP) is 2.89. The van der Waals surface area contributed by atoms with Gasteiger partial charge in [-0.05, 0) is 50.1 Å². The summed E-state index contributed by atoms with van der Waals surface area (Å²) in [7, 11) is 0. The van der Waals surface area contributed by atoms with Crippen LogP contribution >= 0.6 is 0 Å². The van der Waals surface area contributed by atoms with E-state index in [1.165, 1.54) is 38.8 Å². The van der Waals surface area contributed by atoms with Gasteiger partial charge in [0.1, 0.15) is 0 Å². The fourth-order valence-electron chi connectivity index (χ4n) is 3.69. The highest BCUT2D eigenvalue weighted by Gasteiger charge is 2.38. The molecule has 3 atom stereocenters. The van der Waals surface area contributed by atoms with Crippen molar-refractivity contribution in [2.45, 2.75) is 65.5 Å². The van der Waals surface area contributed by atoms with Crippen LogP contribution in [0.1, 0.15) is 53.4 Å². The Morgan fingerprint density at radius 3 is 2.65 bits per heavy atom. The van der Waals surface area contributed by atoms with Crippen LogP contribution in [0.25, 0.3) is 0 Å². The minimum atomic E-state index is 0.539. The van der Waals surface area contributed by atoms with E-state index in [2.05, 4.69) is 37.9 Å². The SMILES string of the molecule is CCNC1CCC(C)CC1N1CCC(C)(C)C1. The van der Waals surface area contributed by atoms with Crippen molar-refractivity contribution >= 4 is 0 Å². The molecule has 0 radical (unpaired) electrons. The summed E-state index contributed by atoms with van der Waals surface area (Å²) in [5, 5.41) is 3.72. The molecule has 1 aliphatic heterocycles. The zero-order chi connectivity index (χ0) is 12.5. The van der Waals surface area contributed by atoms with Gasteiger partial charge in [-0.15, -0.1) is 0 Å². The summed E-state index contributed by atoms with van der Waals surface area (Å²) >= 11 is 0. The number of likely N-dealkylation sites (N-methyl/N-ethyl adjacent to an activating group) is 1. The van der Waals surface area contributed by atoms with Gasteiger partial charge in [-0.3, -0.25) is 4.90 Å². The summed E-state index contributed by atoms with van der Waals surface area (Å²) in [6.07, 6.45) is 5.55. The molecule has 2 rings (SSSR count). The first kappa shape index (κ1) is 13.4. The lowest BCUT2D eigenvalue weighted by atomic mass is 9.82. The Hall–Kier alpha value is -0.0800. The van der Waals surface area contributed by atoms with Crippen LogP contribution in [0.2, 0.25) is 0 Å². The van der Waals surface area contributed by atoms with E-state index in [-0.39, 0.29) is 0 Å². The molecular weight excluding hydrogens is 208 g/mol. The van der Waals surface area contributed by atoms with Crippen LogP contribution in [0.3, 0.4) is 0 Å². The molecule has 1 saturated heterocycles. The molecule has 2 fully saturated rings. The molecule has 1 N–H and O–H groups in total. The average Bonchev–Trinajstić information content (AvgIpc) is 2.62. The molecule has 1 saturated carbocycles. The summed E-state index contributed by atoms with van der Waals surface area (Å²) in [6.45, 7) is 13.2.